The van der Waals surface area contributed by atoms with Gasteiger partial charge in [-0.25, -0.2) is 0 Å². The molecule has 1 atom stereocenters. The number of Topliss-reactive ketones (excluding diaryl/α,β-unsaturated/α-hetero) is 1. The van der Waals surface area contributed by atoms with E-state index in [4.69, 9.17) is 16.3 Å². The lowest BCUT2D eigenvalue weighted by Gasteiger charge is -2.26. The van der Waals surface area contributed by atoms with Crippen LogP contribution in [-0.4, -0.2) is 43.0 Å². The van der Waals surface area contributed by atoms with Crippen molar-refractivity contribution < 1.29 is 19.4 Å². The quantitative estimate of drug-likeness (QED) is 0.342. The van der Waals surface area contributed by atoms with Crippen LogP contribution in [0.15, 0.2) is 72.6 Å². The minimum Gasteiger partial charge on any atom is -0.507 e. The number of hydrogen-bond acceptors (Lipinski definition) is 6. The summed E-state index contributed by atoms with van der Waals surface area (Å²) in [6.07, 6.45) is 3.02. The molecule has 1 aliphatic heterocycles. The molecule has 4 rings (SSSR count). The van der Waals surface area contributed by atoms with Gasteiger partial charge >= 0.3 is 0 Å². The smallest absolute Gasteiger partial charge is 0.300 e. The summed E-state index contributed by atoms with van der Waals surface area (Å²) in [5, 5.41) is 11.4. The molecule has 33 heavy (non-hydrogen) atoms. The van der Waals surface area contributed by atoms with Crippen LogP contribution >= 0.6 is 11.6 Å². The zero-order chi connectivity index (χ0) is 23.7. The van der Waals surface area contributed by atoms with Crippen molar-refractivity contribution in [3.05, 3.63) is 88.7 Å². The normalized spacial score (nSPS) is 17.3. The van der Waals surface area contributed by atoms with Crippen molar-refractivity contribution in [1.82, 2.24) is 4.98 Å². The highest BCUT2D eigenvalue weighted by molar-refractivity contribution is 6.51. The van der Waals surface area contributed by atoms with Gasteiger partial charge in [-0.1, -0.05) is 23.7 Å². The van der Waals surface area contributed by atoms with Crippen molar-refractivity contribution in [3.63, 3.8) is 0 Å². The molecule has 168 valence electrons. The summed E-state index contributed by atoms with van der Waals surface area (Å²) in [5.74, 6) is -1.35. The second kappa shape index (κ2) is 8.96. The third kappa shape index (κ3) is 4.03. The van der Waals surface area contributed by atoms with E-state index in [0.717, 1.165) is 5.69 Å². The van der Waals surface area contributed by atoms with Crippen molar-refractivity contribution in [2.24, 2.45) is 0 Å². The Labute approximate surface area is 196 Å². The monoisotopic (exact) mass is 463 g/mol. The van der Waals surface area contributed by atoms with E-state index < -0.39 is 17.7 Å². The highest BCUT2D eigenvalue weighted by atomic mass is 35.5. The number of anilines is 2. The summed E-state index contributed by atoms with van der Waals surface area (Å²) < 4.78 is 5.21. The predicted molar refractivity (Wildman–Crippen MR) is 128 cm³/mol. The third-order valence-electron chi connectivity index (χ3n) is 5.54. The number of pyridine rings is 1. The number of aromatic nitrogens is 1. The summed E-state index contributed by atoms with van der Waals surface area (Å²) in [5.41, 5.74) is 2.43. The van der Waals surface area contributed by atoms with Crippen LogP contribution in [0, 0.1) is 0 Å². The lowest BCUT2D eigenvalue weighted by Crippen LogP contribution is -2.29. The fourth-order valence-electron chi connectivity index (χ4n) is 3.84. The predicted octanol–water partition coefficient (Wildman–Crippen LogP) is 4.44. The van der Waals surface area contributed by atoms with Crippen LogP contribution in [0.2, 0.25) is 5.02 Å². The maximum atomic E-state index is 13.2. The number of methoxy groups -OCH3 is 1. The molecule has 2 aromatic carbocycles. The fourth-order valence-corrected chi connectivity index (χ4v) is 4.09. The number of carbonyl (C=O) groups excluding carboxylic acids is 2. The van der Waals surface area contributed by atoms with Gasteiger partial charge in [0.15, 0.2) is 0 Å². The molecule has 7 nitrogen and oxygen atoms in total. The molecule has 1 aliphatic rings. The lowest BCUT2D eigenvalue weighted by atomic mass is 9.95. The molecule has 1 amide bonds. The molecule has 0 bridgehead atoms. The highest BCUT2D eigenvalue weighted by Crippen LogP contribution is 2.43. The second-order valence-corrected chi connectivity index (χ2v) is 8.12. The molecule has 0 radical (unpaired) electrons. The van der Waals surface area contributed by atoms with E-state index in [1.807, 2.05) is 43.3 Å². The summed E-state index contributed by atoms with van der Waals surface area (Å²) in [7, 11) is 5.34. The van der Waals surface area contributed by atoms with E-state index in [1.165, 1.54) is 24.4 Å². The molecule has 1 N–H and O–H groups in total. The molecule has 2 heterocycles. The lowest BCUT2D eigenvalue weighted by molar-refractivity contribution is -0.132. The molecule has 0 saturated carbocycles. The summed E-state index contributed by atoms with van der Waals surface area (Å²) in [6, 6.07) is 14.6. The summed E-state index contributed by atoms with van der Waals surface area (Å²) in [6.45, 7) is 0. The van der Waals surface area contributed by atoms with Crippen molar-refractivity contribution >= 4 is 40.4 Å². The largest absolute Gasteiger partial charge is 0.507 e. The first-order chi connectivity index (χ1) is 15.8. The van der Waals surface area contributed by atoms with Crippen LogP contribution in [0.5, 0.6) is 5.75 Å². The van der Waals surface area contributed by atoms with Crippen LogP contribution in [0.4, 0.5) is 11.4 Å². The molecular formula is C25H22ClN3O4. The molecular weight excluding hydrogens is 442 g/mol. The molecule has 0 aliphatic carbocycles. The Bertz CT molecular complexity index is 1240. The first-order valence-corrected chi connectivity index (χ1v) is 10.5. The van der Waals surface area contributed by atoms with E-state index in [2.05, 4.69) is 4.98 Å². The highest BCUT2D eigenvalue weighted by Gasteiger charge is 2.47. The van der Waals surface area contributed by atoms with Crippen LogP contribution in [0.3, 0.4) is 0 Å². The number of rotatable bonds is 5. The van der Waals surface area contributed by atoms with E-state index in [0.29, 0.717) is 27.6 Å². The number of ether oxygens (including phenoxy) is 1. The van der Waals surface area contributed by atoms with Gasteiger partial charge in [0.1, 0.15) is 11.5 Å². The minimum absolute atomic E-state index is 0.00394. The second-order valence-electron chi connectivity index (χ2n) is 7.71. The van der Waals surface area contributed by atoms with Gasteiger partial charge in [-0.3, -0.25) is 19.5 Å². The molecule has 8 heteroatoms. The van der Waals surface area contributed by atoms with Crippen LogP contribution < -0.4 is 14.5 Å². The Morgan fingerprint density at radius 1 is 1.06 bits per heavy atom. The zero-order valence-corrected chi connectivity index (χ0v) is 19.1. The number of benzene rings is 2. The number of aliphatic hydroxyl groups is 1. The first-order valence-electron chi connectivity index (χ1n) is 10.2. The van der Waals surface area contributed by atoms with Crippen LogP contribution in [0.25, 0.3) is 5.76 Å². The molecule has 1 fully saturated rings. The van der Waals surface area contributed by atoms with Crippen LogP contribution in [-0.2, 0) is 9.59 Å². The molecule has 3 aromatic rings. The fraction of sp³-hybridized carbons (Fsp3) is 0.160. The Kier molecular flexibility index (Phi) is 6.07. The van der Waals surface area contributed by atoms with E-state index in [-0.39, 0.29) is 11.3 Å². The Balaban J connectivity index is 1.92. The minimum atomic E-state index is -0.848. The average molecular weight is 464 g/mol. The van der Waals surface area contributed by atoms with E-state index in [9.17, 15) is 14.7 Å². The van der Waals surface area contributed by atoms with Crippen LogP contribution in [0.1, 0.15) is 17.2 Å². The molecule has 0 spiro atoms. The topological polar surface area (TPSA) is 83.0 Å². The average Bonchev–Trinajstić information content (AvgIpc) is 3.09. The molecule has 1 unspecified atom stereocenters. The number of nitrogens with zero attached hydrogens (tertiary/aromatic N) is 3. The van der Waals surface area contributed by atoms with Gasteiger partial charge in [0.05, 0.1) is 23.7 Å². The van der Waals surface area contributed by atoms with Crippen molar-refractivity contribution in [2.75, 3.05) is 31.0 Å². The summed E-state index contributed by atoms with van der Waals surface area (Å²) in [4.78, 5) is 33.6. The Hall–Kier alpha value is -3.84. The van der Waals surface area contributed by atoms with Gasteiger partial charge < -0.3 is 14.7 Å². The number of amides is 1. The number of ketones is 1. The van der Waals surface area contributed by atoms with Gasteiger partial charge in [0.25, 0.3) is 11.7 Å². The molecule has 1 aromatic heterocycles. The maximum Gasteiger partial charge on any atom is 0.300 e. The Morgan fingerprint density at radius 3 is 2.30 bits per heavy atom. The SMILES string of the molecule is COc1ccc(N2C(=O)C(=O)/C(=C(/O)c3ccncc3)C2c2ccc(N(C)C)cc2)cc1Cl. The van der Waals surface area contributed by atoms with Crippen molar-refractivity contribution in [1.29, 1.82) is 0 Å². The van der Waals surface area contributed by atoms with Gasteiger partial charge in [0.2, 0.25) is 0 Å². The van der Waals surface area contributed by atoms with Gasteiger partial charge in [0, 0.05) is 43.4 Å². The third-order valence-corrected chi connectivity index (χ3v) is 5.83. The van der Waals surface area contributed by atoms with Crippen molar-refractivity contribution in [2.45, 2.75) is 6.04 Å². The Morgan fingerprint density at radius 2 is 1.73 bits per heavy atom. The molecule has 1 saturated heterocycles. The number of hydrogen-bond donors (Lipinski definition) is 1. The van der Waals surface area contributed by atoms with Gasteiger partial charge in [-0.05, 0) is 48.0 Å². The number of aliphatic hydroxyl groups excluding tert-OH is 1. The van der Waals surface area contributed by atoms with Crippen molar-refractivity contribution in [3.8, 4) is 5.75 Å². The first kappa shape index (κ1) is 22.4. The zero-order valence-electron chi connectivity index (χ0n) is 18.3. The van der Waals surface area contributed by atoms with Gasteiger partial charge in [-0.15, -0.1) is 0 Å². The van der Waals surface area contributed by atoms with E-state index >= 15 is 0 Å². The summed E-state index contributed by atoms with van der Waals surface area (Å²) >= 11 is 6.31. The number of halogens is 1. The maximum absolute atomic E-state index is 13.2. The number of carbonyl (C=O) groups is 2. The van der Waals surface area contributed by atoms with Gasteiger partial charge in [-0.2, -0.15) is 0 Å². The van der Waals surface area contributed by atoms with E-state index in [1.54, 1.807) is 30.3 Å². The standard InChI is InChI=1S/C25H22ClN3O4/c1-28(2)17-6-4-15(5-7-17)22-21(23(30)16-10-12-27-13-11-16)24(31)25(32)29(22)18-8-9-20(33-3)19(26)14-18/h4-14,22,30H,1-3H3/b23-21+.